The van der Waals surface area contributed by atoms with Crippen LogP contribution in [-0.2, 0) is 0 Å². The highest BCUT2D eigenvalue weighted by molar-refractivity contribution is 5.91. The number of halogens is 1. The Labute approximate surface area is 231 Å². The average molecular weight is 530 g/mol. The van der Waals surface area contributed by atoms with E-state index >= 15 is 0 Å². The number of nitrogens with one attached hydrogen (secondary N) is 1. The van der Waals surface area contributed by atoms with Gasteiger partial charge in [0.1, 0.15) is 5.75 Å². The number of ether oxygens (including phenoxy) is 1. The number of aromatic carboxylic acids is 1. The average Bonchev–Trinajstić information content (AvgIpc) is 2.90. The van der Waals surface area contributed by atoms with Crippen LogP contribution < -0.4 is 10.1 Å². The van der Waals surface area contributed by atoms with Gasteiger partial charge in [-0.05, 0) is 85.7 Å². The lowest BCUT2D eigenvalue weighted by molar-refractivity contribution is 0.0695. The van der Waals surface area contributed by atoms with Crippen LogP contribution in [-0.4, -0.2) is 23.7 Å². The van der Waals surface area contributed by atoms with Crippen molar-refractivity contribution in [2.75, 3.05) is 6.54 Å². The first-order chi connectivity index (χ1) is 17.9. The summed E-state index contributed by atoms with van der Waals surface area (Å²) in [6.07, 6.45) is 2.88. The van der Waals surface area contributed by atoms with Crippen molar-refractivity contribution in [1.82, 2.24) is 5.32 Å². The molecule has 4 nitrogen and oxygen atoms in total. The highest BCUT2D eigenvalue weighted by Gasteiger charge is 2.31. The summed E-state index contributed by atoms with van der Waals surface area (Å²) in [6, 6.07) is 27.6. The number of benzene rings is 4. The fourth-order valence-corrected chi connectivity index (χ4v) is 5.92. The Morgan fingerprint density at radius 2 is 1.71 bits per heavy atom. The zero-order chi connectivity index (χ0) is 25.9. The molecule has 0 aromatic heterocycles. The Hall–Kier alpha value is -3.34. The second-order valence-corrected chi connectivity index (χ2v) is 10.2. The summed E-state index contributed by atoms with van der Waals surface area (Å²) in [4.78, 5) is 12.0. The zero-order valence-electron chi connectivity index (χ0n) is 22.2. The molecule has 1 aliphatic rings. The van der Waals surface area contributed by atoms with Gasteiger partial charge in [0.15, 0.2) is 0 Å². The fraction of sp³-hybridized carbons (Fsp3) is 0.303. The first kappa shape index (κ1) is 27.7. The molecule has 1 unspecified atom stereocenters. The quantitative estimate of drug-likeness (QED) is 0.227. The first-order valence-electron chi connectivity index (χ1n) is 13.2. The van der Waals surface area contributed by atoms with Crippen LogP contribution in [0.5, 0.6) is 5.75 Å². The molecule has 0 bridgehead atoms. The lowest BCUT2D eigenvalue weighted by Gasteiger charge is -2.34. The smallest absolute Gasteiger partial charge is 0.336 e. The Balaban J connectivity index is 0.00000336. The predicted octanol–water partition coefficient (Wildman–Crippen LogP) is 7.99. The van der Waals surface area contributed by atoms with Gasteiger partial charge >= 0.3 is 5.97 Å². The van der Waals surface area contributed by atoms with E-state index in [-0.39, 0.29) is 30.5 Å². The summed E-state index contributed by atoms with van der Waals surface area (Å²) in [7, 11) is 0. The molecular weight excluding hydrogens is 494 g/mol. The van der Waals surface area contributed by atoms with Crippen LogP contribution in [0.1, 0.15) is 76.3 Å². The molecule has 0 spiro atoms. The van der Waals surface area contributed by atoms with Gasteiger partial charge in [-0.2, -0.15) is 0 Å². The minimum absolute atomic E-state index is 0. The van der Waals surface area contributed by atoms with E-state index in [0.717, 1.165) is 53.8 Å². The van der Waals surface area contributed by atoms with Gasteiger partial charge in [0.25, 0.3) is 0 Å². The van der Waals surface area contributed by atoms with Gasteiger partial charge in [-0.1, -0.05) is 72.8 Å². The Kier molecular flexibility index (Phi) is 8.76. The molecule has 2 N–H and O–H groups in total. The van der Waals surface area contributed by atoms with E-state index in [1.54, 1.807) is 0 Å². The van der Waals surface area contributed by atoms with E-state index in [1.807, 2.05) is 38.1 Å². The number of carboxylic acids is 1. The van der Waals surface area contributed by atoms with Gasteiger partial charge in [0.2, 0.25) is 0 Å². The van der Waals surface area contributed by atoms with Crippen LogP contribution in [0.3, 0.4) is 0 Å². The van der Waals surface area contributed by atoms with Gasteiger partial charge in [-0.25, -0.2) is 4.79 Å². The Morgan fingerprint density at radius 1 is 0.974 bits per heavy atom. The normalized spacial score (nSPS) is 17.2. The minimum Gasteiger partial charge on any atom is -0.490 e. The second-order valence-electron chi connectivity index (χ2n) is 10.2. The van der Waals surface area contributed by atoms with Crippen LogP contribution in [0.4, 0.5) is 0 Å². The molecule has 1 aliphatic heterocycles. The van der Waals surface area contributed by atoms with Gasteiger partial charge in [0.05, 0.1) is 11.7 Å². The summed E-state index contributed by atoms with van der Waals surface area (Å²) in [6.45, 7) is 6.94. The van der Waals surface area contributed by atoms with Crippen LogP contribution in [0, 0.1) is 13.8 Å². The molecule has 0 radical (unpaired) electrons. The van der Waals surface area contributed by atoms with Crippen molar-refractivity contribution in [2.45, 2.75) is 58.1 Å². The summed E-state index contributed by atoms with van der Waals surface area (Å²) in [5.74, 6) is 0.175. The highest BCUT2D eigenvalue weighted by Crippen LogP contribution is 2.43. The Bertz CT molecular complexity index is 1430. The van der Waals surface area contributed by atoms with Crippen LogP contribution in [0.25, 0.3) is 10.8 Å². The lowest BCUT2D eigenvalue weighted by Crippen LogP contribution is -2.28. The van der Waals surface area contributed by atoms with Crippen molar-refractivity contribution in [3.63, 3.8) is 0 Å². The summed E-state index contributed by atoms with van der Waals surface area (Å²) >= 11 is 0. The van der Waals surface area contributed by atoms with Gasteiger partial charge in [-0.3, -0.25) is 0 Å². The molecule has 5 heteroatoms. The van der Waals surface area contributed by atoms with Gasteiger partial charge < -0.3 is 15.2 Å². The molecule has 0 aliphatic carbocycles. The topological polar surface area (TPSA) is 58.6 Å². The zero-order valence-corrected chi connectivity index (χ0v) is 23.1. The number of carbonyl (C=O) groups is 1. The van der Waals surface area contributed by atoms with Crippen LogP contribution >= 0.6 is 12.4 Å². The van der Waals surface area contributed by atoms with Crippen molar-refractivity contribution >= 4 is 29.1 Å². The molecule has 3 atom stereocenters. The van der Waals surface area contributed by atoms with E-state index < -0.39 is 5.97 Å². The molecule has 4 aromatic rings. The van der Waals surface area contributed by atoms with Gasteiger partial charge in [-0.15, -0.1) is 12.4 Å². The first-order valence-corrected chi connectivity index (χ1v) is 13.2. The second kappa shape index (κ2) is 12.0. The summed E-state index contributed by atoms with van der Waals surface area (Å²) in [5.41, 5.74) is 5.64. The summed E-state index contributed by atoms with van der Waals surface area (Å²) < 4.78 is 6.43. The van der Waals surface area contributed by atoms with E-state index in [1.165, 1.54) is 16.3 Å². The van der Waals surface area contributed by atoms with E-state index in [4.69, 9.17) is 4.74 Å². The third-order valence-corrected chi connectivity index (χ3v) is 7.83. The van der Waals surface area contributed by atoms with Crippen molar-refractivity contribution in [3.8, 4) is 5.75 Å². The molecule has 5 rings (SSSR count). The number of fused-ring (bicyclic) bond motifs is 2. The number of hydrogen-bond acceptors (Lipinski definition) is 3. The number of hydrogen-bond donors (Lipinski definition) is 2. The molecular formula is C33H36ClNO3. The maximum atomic E-state index is 12.0. The maximum absolute atomic E-state index is 12.0. The van der Waals surface area contributed by atoms with E-state index in [2.05, 4.69) is 66.8 Å². The maximum Gasteiger partial charge on any atom is 0.336 e. The van der Waals surface area contributed by atoms with E-state index in [0.29, 0.717) is 5.56 Å². The molecule has 0 saturated carbocycles. The SMILES string of the molecule is Cc1ccc([C@@H]2C[C@H](CCCNC(C)c3cccc4ccccc34)Oc3ccccc32)c(C)c1C(=O)O.Cl. The Morgan fingerprint density at radius 3 is 2.53 bits per heavy atom. The molecule has 0 amide bonds. The third-order valence-electron chi connectivity index (χ3n) is 7.83. The largest absolute Gasteiger partial charge is 0.490 e. The van der Waals surface area contributed by atoms with Crippen LogP contribution in [0.2, 0.25) is 0 Å². The van der Waals surface area contributed by atoms with Crippen molar-refractivity contribution < 1.29 is 14.6 Å². The number of para-hydroxylation sites is 1. The van der Waals surface area contributed by atoms with Crippen molar-refractivity contribution in [1.29, 1.82) is 0 Å². The number of carboxylic acid groups (broad SMARTS) is 1. The van der Waals surface area contributed by atoms with Gasteiger partial charge in [0, 0.05) is 17.5 Å². The van der Waals surface area contributed by atoms with Crippen LogP contribution in [0.15, 0.2) is 78.9 Å². The lowest BCUT2D eigenvalue weighted by atomic mass is 9.80. The highest BCUT2D eigenvalue weighted by atomic mass is 35.5. The molecule has 0 fully saturated rings. The minimum atomic E-state index is -0.861. The third kappa shape index (κ3) is 5.57. The molecule has 38 heavy (non-hydrogen) atoms. The van der Waals surface area contributed by atoms with Crippen molar-refractivity contribution in [3.05, 3.63) is 112 Å². The molecule has 198 valence electrons. The fourth-order valence-electron chi connectivity index (χ4n) is 5.92. The predicted molar refractivity (Wildman–Crippen MR) is 157 cm³/mol. The van der Waals surface area contributed by atoms with E-state index in [9.17, 15) is 9.90 Å². The number of aryl methyl sites for hydroxylation is 1. The van der Waals surface area contributed by atoms with Crippen molar-refractivity contribution in [2.24, 2.45) is 0 Å². The summed E-state index contributed by atoms with van der Waals surface area (Å²) in [5, 5.41) is 16.1. The standard InChI is InChI=1S/C33H35NO3.ClH/c1-21-17-18-26(22(2)32(21)33(35)36)30-20-25(37-31-16-7-6-14-29(30)31)12-9-19-34-23(3)27-15-8-11-24-10-4-5-13-28(24)27;/h4-8,10-11,13-18,23,25,30,34H,9,12,19-20H2,1-3H3,(H,35,36);1H/t23?,25-,30-;/m0./s1. The number of rotatable bonds is 8. The molecule has 0 saturated heterocycles. The molecule has 1 heterocycles. The molecule has 4 aromatic carbocycles. The monoisotopic (exact) mass is 529 g/mol.